The van der Waals surface area contributed by atoms with Crippen molar-refractivity contribution in [1.29, 1.82) is 0 Å². The number of ether oxygens (including phenoxy) is 1. The van der Waals surface area contributed by atoms with E-state index in [-0.39, 0.29) is 6.54 Å². The first-order chi connectivity index (χ1) is 6.81. The number of carbonyl (C=O) groups excluding carboxylic acids is 1. The van der Waals surface area contributed by atoms with E-state index in [9.17, 15) is 13.6 Å². The Balaban J connectivity index is 2.61. The number of amides is 1. The van der Waals surface area contributed by atoms with Crippen LogP contribution in [0.3, 0.4) is 0 Å². The van der Waals surface area contributed by atoms with Crippen LogP contribution in [0.15, 0.2) is 12.2 Å². The van der Waals surface area contributed by atoms with Crippen LogP contribution in [-0.4, -0.2) is 35.6 Å². The molecule has 1 heterocycles. The van der Waals surface area contributed by atoms with Crippen molar-refractivity contribution in [2.45, 2.75) is 38.8 Å². The van der Waals surface area contributed by atoms with Gasteiger partial charge in [-0.2, -0.15) is 0 Å². The Bertz CT molecular complexity index is 271. The summed E-state index contributed by atoms with van der Waals surface area (Å²) in [6.07, 6.45) is -0.399. The Morgan fingerprint density at radius 2 is 2.13 bits per heavy atom. The topological polar surface area (TPSA) is 29.5 Å². The molecule has 86 valence electrons. The molecule has 1 unspecified atom stereocenters. The largest absolute Gasteiger partial charge is 0.444 e. The van der Waals surface area contributed by atoms with E-state index >= 15 is 0 Å². The van der Waals surface area contributed by atoms with Crippen molar-refractivity contribution in [2.75, 3.05) is 6.54 Å². The van der Waals surface area contributed by atoms with Crippen LogP contribution in [0.2, 0.25) is 0 Å². The zero-order valence-corrected chi connectivity index (χ0v) is 9.04. The highest BCUT2D eigenvalue weighted by Gasteiger charge is 2.34. The number of hydrogen-bond donors (Lipinski definition) is 0. The van der Waals surface area contributed by atoms with E-state index in [0.29, 0.717) is 0 Å². The molecule has 0 bridgehead atoms. The van der Waals surface area contributed by atoms with E-state index in [0.717, 1.165) is 4.90 Å². The summed E-state index contributed by atoms with van der Waals surface area (Å²) < 4.78 is 30.0. The van der Waals surface area contributed by atoms with Crippen molar-refractivity contribution in [3.05, 3.63) is 12.2 Å². The van der Waals surface area contributed by atoms with E-state index < -0.39 is 24.2 Å². The average molecular weight is 219 g/mol. The maximum Gasteiger partial charge on any atom is 0.411 e. The SMILES string of the molecule is CC(C)(C)OC(=O)N1CC=CC1C(F)F. The quantitative estimate of drug-likeness (QED) is 0.634. The number of hydrogen-bond acceptors (Lipinski definition) is 2. The van der Waals surface area contributed by atoms with E-state index in [1.165, 1.54) is 6.08 Å². The number of halogens is 2. The summed E-state index contributed by atoms with van der Waals surface area (Å²) in [5, 5.41) is 0. The molecule has 0 aromatic carbocycles. The first kappa shape index (κ1) is 11.9. The van der Waals surface area contributed by atoms with Gasteiger partial charge in [-0.1, -0.05) is 12.2 Å². The lowest BCUT2D eigenvalue weighted by Crippen LogP contribution is -2.43. The summed E-state index contributed by atoms with van der Waals surface area (Å²) in [6, 6.07) is -1.15. The molecule has 1 amide bonds. The van der Waals surface area contributed by atoms with Crippen molar-refractivity contribution < 1.29 is 18.3 Å². The van der Waals surface area contributed by atoms with Gasteiger partial charge in [-0.15, -0.1) is 0 Å². The molecule has 3 nitrogen and oxygen atoms in total. The minimum Gasteiger partial charge on any atom is -0.444 e. The second-order valence-electron chi connectivity index (χ2n) is 4.39. The van der Waals surface area contributed by atoms with Gasteiger partial charge in [-0.3, -0.25) is 4.90 Å². The summed E-state index contributed by atoms with van der Waals surface area (Å²) in [5.41, 5.74) is -0.660. The molecule has 0 N–H and O–H groups in total. The fourth-order valence-electron chi connectivity index (χ4n) is 1.28. The van der Waals surface area contributed by atoms with Gasteiger partial charge in [-0.05, 0) is 20.8 Å². The summed E-state index contributed by atoms with van der Waals surface area (Å²) >= 11 is 0. The van der Waals surface area contributed by atoms with Gasteiger partial charge in [0.2, 0.25) is 0 Å². The molecule has 0 aliphatic carbocycles. The molecular formula is C10H15F2NO2. The van der Waals surface area contributed by atoms with Gasteiger partial charge < -0.3 is 4.74 Å². The van der Waals surface area contributed by atoms with Gasteiger partial charge in [-0.25, -0.2) is 13.6 Å². The average Bonchev–Trinajstić information content (AvgIpc) is 2.47. The molecule has 0 radical (unpaired) electrons. The Hall–Kier alpha value is -1.13. The van der Waals surface area contributed by atoms with Crippen LogP contribution in [0.25, 0.3) is 0 Å². The monoisotopic (exact) mass is 219 g/mol. The summed E-state index contributed by atoms with van der Waals surface area (Å²) in [4.78, 5) is 12.5. The van der Waals surface area contributed by atoms with Gasteiger partial charge in [0.1, 0.15) is 11.6 Å². The van der Waals surface area contributed by atoms with Crippen molar-refractivity contribution in [1.82, 2.24) is 4.90 Å². The normalized spacial score (nSPS) is 21.2. The minimum atomic E-state index is -2.57. The van der Waals surface area contributed by atoms with Crippen LogP contribution in [0, 0.1) is 0 Å². The van der Waals surface area contributed by atoms with Gasteiger partial charge in [0.15, 0.2) is 0 Å². The number of nitrogens with zero attached hydrogens (tertiary/aromatic N) is 1. The molecule has 1 aliphatic heterocycles. The smallest absolute Gasteiger partial charge is 0.411 e. The molecule has 0 aromatic heterocycles. The molecule has 15 heavy (non-hydrogen) atoms. The van der Waals surface area contributed by atoms with Gasteiger partial charge in [0, 0.05) is 6.54 Å². The number of carbonyl (C=O) groups is 1. The maximum atomic E-state index is 12.5. The third kappa shape index (κ3) is 3.18. The van der Waals surface area contributed by atoms with Crippen LogP contribution in [-0.2, 0) is 4.74 Å². The Morgan fingerprint density at radius 3 is 2.60 bits per heavy atom. The molecule has 0 spiro atoms. The Kier molecular flexibility index (Phi) is 3.31. The third-order valence-electron chi connectivity index (χ3n) is 1.88. The maximum absolute atomic E-state index is 12.5. The zero-order valence-electron chi connectivity index (χ0n) is 9.04. The van der Waals surface area contributed by atoms with Gasteiger partial charge in [0.25, 0.3) is 6.43 Å². The van der Waals surface area contributed by atoms with Gasteiger partial charge >= 0.3 is 6.09 Å². The summed E-state index contributed by atoms with van der Waals surface area (Å²) in [7, 11) is 0. The van der Waals surface area contributed by atoms with E-state index in [1.54, 1.807) is 26.8 Å². The first-order valence-corrected chi connectivity index (χ1v) is 4.76. The predicted octanol–water partition coefficient (Wildman–Crippen LogP) is 2.43. The molecule has 0 fully saturated rings. The molecule has 0 aromatic rings. The fraction of sp³-hybridized carbons (Fsp3) is 0.700. The Morgan fingerprint density at radius 1 is 1.53 bits per heavy atom. The summed E-state index contributed by atoms with van der Waals surface area (Å²) in [5.74, 6) is 0. The lowest BCUT2D eigenvalue weighted by molar-refractivity contribution is 0.00303. The van der Waals surface area contributed by atoms with Gasteiger partial charge in [0.05, 0.1) is 0 Å². The van der Waals surface area contributed by atoms with Crippen LogP contribution < -0.4 is 0 Å². The zero-order chi connectivity index (χ0) is 11.6. The fourth-order valence-corrected chi connectivity index (χ4v) is 1.28. The first-order valence-electron chi connectivity index (χ1n) is 4.76. The minimum absolute atomic E-state index is 0.184. The second-order valence-corrected chi connectivity index (χ2v) is 4.39. The molecular weight excluding hydrogens is 204 g/mol. The van der Waals surface area contributed by atoms with Crippen molar-refractivity contribution in [2.24, 2.45) is 0 Å². The van der Waals surface area contributed by atoms with Crippen molar-refractivity contribution >= 4 is 6.09 Å². The highest BCUT2D eigenvalue weighted by Crippen LogP contribution is 2.20. The third-order valence-corrected chi connectivity index (χ3v) is 1.88. The van der Waals surface area contributed by atoms with Crippen LogP contribution >= 0.6 is 0 Å². The summed E-state index contributed by atoms with van der Waals surface area (Å²) in [6.45, 7) is 5.28. The van der Waals surface area contributed by atoms with E-state index in [4.69, 9.17) is 4.74 Å². The highest BCUT2D eigenvalue weighted by atomic mass is 19.3. The molecule has 0 saturated carbocycles. The number of alkyl halides is 2. The van der Waals surface area contributed by atoms with E-state index in [1.807, 2.05) is 0 Å². The predicted molar refractivity (Wildman–Crippen MR) is 51.9 cm³/mol. The second kappa shape index (κ2) is 4.16. The van der Waals surface area contributed by atoms with Crippen LogP contribution in [0.4, 0.5) is 13.6 Å². The lowest BCUT2D eigenvalue weighted by Gasteiger charge is -2.28. The molecule has 1 rings (SSSR count). The molecule has 1 atom stereocenters. The van der Waals surface area contributed by atoms with Crippen molar-refractivity contribution in [3.8, 4) is 0 Å². The molecule has 0 saturated heterocycles. The van der Waals surface area contributed by atoms with E-state index in [2.05, 4.69) is 0 Å². The molecule has 1 aliphatic rings. The van der Waals surface area contributed by atoms with Crippen LogP contribution in [0.5, 0.6) is 0 Å². The molecule has 5 heteroatoms. The van der Waals surface area contributed by atoms with Crippen molar-refractivity contribution in [3.63, 3.8) is 0 Å². The number of rotatable bonds is 1. The highest BCUT2D eigenvalue weighted by molar-refractivity contribution is 5.69. The van der Waals surface area contributed by atoms with Crippen LogP contribution in [0.1, 0.15) is 20.8 Å². The Labute approximate surface area is 87.7 Å². The lowest BCUT2D eigenvalue weighted by atomic mass is 10.2. The standard InChI is InChI=1S/C10H15F2NO2/c1-10(2,3)15-9(14)13-6-4-5-7(13)8(11)12/h4-5,7-8H,6H2,1-3H3.